The predicted octanol–water partition coefficient (Wildman–Crippen LogP) is 5.08. The molecule has 46 heavy (non-hydrogen) atoms. The van der Waals surface area contributed by atoms with Crippen LogP contribution < -0.4 is 9.47 Å². The van der Waals surface area contributed by atoms with Gasteiger partial charge in [-0.3, -0.25) is 0 Å². The first-order valence-corrected chi connectivity index (χ1v) is 12.6. The molecule has 12 nitrogen and oxygen atoms in total. The Bertz CT molecular complexity index is 1280. The molecule has 0 aliphatic heterocycles. The molecule has 0 spiro atoms. The van der Waals surface area contributed by atoms with Crippen LogP contribution in [0.3, 0.4) is 0 Å². The quantitative estimate of drug-likeness (QED) is 0.158. The third kappa shape index (κ3) is 26.9. The molecule has 0 amide bonds. The zero-order valence-corrected chi connectivity index (χ0v) is 26.1. The van der Waals surface area contributed by atoms with Gasteiger partial charge in [-0.25, -0.2) is 19.2 Å². The first-order valence-electron chi connectivity index (χ1n) is 12.6. The van der Waals surface area contributed by atoms with Crippen molar-refractivity contribution in [1.82, 2.24) is 0 Å². The molecular weight excluding hydrogens is 600 g/mol. The summed E-state index contributed by atoms with van der Waals surface area (Å²) in [6.07, 6.45) is 0. The summed E-state index contributed by atoms with van der Waals surface area (Å²) in [4.78, 5) is 41.2. The SMILES string of the molecule is C=C(C)C(=O)O.C=C(C)C(=O)O.C=C(C)C(=O)Oc1ccccc1.C=C(C)C(=O)Oc1ccccc1.O.O.Oc1cccc(O)c1. The summed E-state index contributed by atoms with van der Waals surface area (Å²) in [6.45, 7) is 19.4. The van der Waals surface area contributed by atoms with E-state index < -0.39 is 11.9 Å². The Morgan fingerprint density at radius 3 is 0.935 bits per heavy atom. The number of carbonyl (C=O) groups excluding carboxylic acids is 2. The Morgan fingerprint density at radius 2 is 0.761 bits per heavy atom. The highest BCUT2D eigenvalue weighted by Gasteiger charge is 2.04. The van der Waals surface area contributed by atoms with Crippen LogP contribution in [0, 0.1) is 0 Å². The van der Waals surface area contributed by atoms with E-state index in [1.807, 2.05) is 12.1 Å². The molecule has 0 fully saturated rings. The van der Waals surface area contributed by atoms with E-state index in [1.165, 1.54) is 32.0 Å². The van der Waals surface area contributed by atoms with Crippen molar-refractivity contribution in [1.29, 1.82) is 0 Å². The highest BCUT2D eigenvalue weighted by atomic mass is 16.5. The largest absolute Gasteiger partial charge is 0.508 e. The Hall–Kier alpha value is -5.98. The highest BCUT2D eigenvalue weighted by Crippen LogP contribution is 2.15. The number of carboxylic acid groups (broad SMARTS) is 2. The first-order chi connectivity index (χ1) is 20.5. The van der Waals surface area contributed by atoms with Gasteiger partial charge in [-0.05, 0) is 64.1 Å². The fraction of sp³-hybridized carbons (Fsp3) is 0.118. The van der Waals surface area contributed by atoms with Crippen LogP contribution in [0.5, 0.6) is 23.0 Å². The number of carboxylic acids is 2. The summed E-state index contributed by atoms with van der Waals surface area (Å²) >= 11 is 0. The fourth-order valence-corrected chi connectivity index (χ4v) is 1.86. The van der Waals surface area contributed by atoms with Crippen molar-refractivity contribution in [3.05, 3.63) is 134 Å². The summed E-state index contributed by atoms with van der Waals surface area (Å²) in [5.74, 6) is -1.38. The molecule has 0 aliphatic rings. The van der Waals surface area contributed by atoms with Gasteiger partial charge >= 0.3 is 23.9 Å². The minimum Gasteiger partial charge on any atom is -0.508 e. The molecule has 0 saturated carbocycles. The maximum atomic E-state index is 11.0. The zero-order valence-electron chi connectivity index (χ0n) is 26.1. The van der Waals surface area contributed by atoms with Crippen LogP contribution >= 0.6 is 0 Å². The number of aliphatic carboxylic acids is 2. The van der Waals surface area contributed by atoms with Crippen LogP contribution in [-0.2, 0) is 19.2 Å². The molecular formula is C34H42O12. The number of phenols is 2. The number of rotatable bonds is 6. The highest BCUT2D eigenvalue weighted by molar-refractivity contribution is 5.89. The summed E-state index contributed by atoms with van der Waals surface area (Å²) < 4.78 is 9.87. The van der Waals surface area contributed by atoms with Gasteiger partial charge in [0.15, 0.2) is 0 Å². The summed E-state index contributed by atoms with van der Waals surface area (Å²) in [5, 5.41) is 33.1. The number of esters is 2. The van der Waals surface area contributed by atoms with Gasteiger partial charge in [0, 0.05) is 28.4 Å². The average molecular weight is 643 g/mol. The first kappa shape index (κ1) is 47.0. The number of ether oxygens (including phenoxy) is 2. The Labute approximate surface area is 268 Å². The van der Waals surface area contributed by atoms with E-state index >= 15 is 0 Å². The standard InChI is InChI=1S/2C10H10O2.C6H6O2.2C4H6O2.2H2O/c2*1-8(2)10(11)12-9-6-4-3-5-7-9;7-5-2-1-3-6(8)4-5;2*1-3(2)4(5)6;;/h2*3-7H,1H2,2H3;1-4,7-8H;2*1H2,2H3,(H,5,6);2*1H2. The molecule has 0 aromatic heterocycles. The van der Waals surface area contributed by atoms with Crippen LogP contribution in [-0.4, -0.2) is 55.3 Å². The second-order valence-electron chi connectivity index (χ2n) is 8.66. The molecule has 8 N–H and O–H groups in total. The molecule has 3 aromatic rings. The summed E-state index contributed by atoms with van der Waals surface area (Å²) in [6, 6.07) is 23.7. The second-order valence-corrected chi connectivity index (χ2v) is 8.66. The molecule has 0 radical (unpaired) electrons. The number of benzene rings is 3. The lowest BCUT2D eigenvalue weighted by Gasteiger charge is -2.01. The summed E-state index contributed by atoms with van der Waals surface area (Å²) in [7, 11) is 0. The van der Waals surface area contributed by atoms with Gasteiger partial charge in [-0.15, -0.1) is 0 Å². The van der Waals surface area contributed by atoms with E-state index in [-0.39, 0.29) is 45.5 Å². The molecule has 0 bridgehead atoms. The maximum absolute atomic E-state index is 11.0. The molecule has 3 rings (SSSR count). The number of para-hydroxylation sites is 2. The van der Waals surface area contributed by atoms with E-state index in [4.69, 9.17) is 29.9 Å². The van der Waals surface area contributed by atoms with Crippen LogP contribution in [0.25, 0.3) is 0 Å². The minimum absolute atomic E-state index is 0. The average Bonchev–Trinajstić information content (AvgIpc) is 2.95. The van der Waals surface area contributed by atoms with Crippen molar-refractivity contribution in [2.24, 2.45) is 0 Å². The predicted molar refractivity (Wildman–Crippen MR) is 176 cm³/mol. The van der Waals surface area contributed by atoms with Crippen molar-refractivity contribution >= 4 is 23.9 Å². The number of hydrogen-bond acceptors (Lipinski definition) is 8. The molecule has 250 valence electrons. The number of phenolic OH excluding ortho intramolecular Hbond substituents is 2. The van der Waals surface area contributed by atoms with E-state index in [1.54, 1.807) is 68.4 Å². The molecule has 0 unspecified atom stereocenters. The van der Waals surface area contributed by atoms with Crippen LogP contribution in [0.4, 0.5) is 0 Å². The Kier molecular flexibility index (Phi) is 27.2. The van der Waals surface area contributed by atoms with E-state index in [0.717, 1.165) is 0 Å². The van der Waals surface area contributed by atoms with Crippen molar-refractivity contribution < 1.29 is 60.0 Å². The van der Waals surface area contributed by atoms with Gasteiger partial charge in [0.2, 0.25) is 0 Å². The van der Waals surface area contributed by atoms with Crippen LogP contribution in [0.2, 0.25) is 0 Å². The van der Waals surface area contributed by atoms with E-state index in [0.29, 0.717) is 22.6 Å². The van der Waals surface area contributed by atoms with Gasteiger partial charge in [0.05, 0.1) is 0 Å². The van der Waals surface area contributed by atoms with Crippen LogP contribution in [0.1, 0.15) is 27.7 Å². The number of hydrogen-bond donors (Lipinski definition) is 4. The fourth-order valence-electron chi connectivity index (χ4n) is 1.86. The van der Waals surface area contributed by atoms with E-state index in [9.17, 15) is 19.2 Å². The van der Waals surface area contributed by atoms with Gasteiger partial charge in [-0.2, -0.15) is 0 Å². The third-order valence-corrected chi connectivity index (χ3v) is 4.16. The monoisotopic (exact) mass is 642 g/mol. The molecule has 0 saturated heterocycles. The zero-order chi connectivity index (χ0) is 34.2. The van der Waals surface area contributed by atoms with Gasteiger partial charge in [-0.1, -0.05) is 68.8 Å². The van der Waals surface area contributed by atoms with Crippen molar-refractivity contribution in [3.63, 3.8) is 0 Å². The molecule has 0 atom stereocenters. The molecule has 0 heterocycles. The Balaban J connectivity index is -0.000000245. The molecule has 12 heteroatoms. The smallest absolute Gasteiger partial charge is 0.338 e. The maximum Gasteiger partial charge on any atom is 0.338 e. The lowest BCUT2D eigenvalue weighted by atomic mass is 10.3. The number of carbonyl (C=O) groups is 4. The van der Waals surface area contributed by atoms with Crippen molar-refractivity contribution in [2.75, 3.05) is 0 Å². The topological polar surface area (TPSA) is 231 Å². The second kappa shape index (κ2) is 26.6. The van der Waals surface area contributed by atoms with Crippen molar-refractivity contribution in [2.45, 2.75) is 27.7 Å². The van der Waals surface area contributed by atoms with Gasteiger partial charge in [0.25, 0.3) is 0 Å². The lowest BCUT2D eigenvalue weighted by Crippen LogP contribution is -2.07. The Morgan fingerprint density at radius 1 is 0.500 bits per heavy atom. The number of aromatic hydroxyl groups is 2. The minimum atomic E-state index is -0.935. The van der Waals surface area contributed by atoms with Gasteiger partial charge < -0.3 is 40.9 Å². The molecule has 3 aromatic carbocycles. The van der Waals surface area contributed by atoms with Gasteiger partial charge in [0.1, 0.15) is 23.0 Å². The van der Waals surface area contributed by atoms with E-state index in [2.05, 4.69) is 26.3 Å². The normalized spacial score (nSPS) is 8.26. The lowest BCUT2D eigenvalue weighted by molar-refractivity contribution is -0.133. The third-order valence-electron chi connectivity index (χ3n) is 4.16. The van der Waals surface area contributed by atoms with Crippen molar-refractivity contribution in [3.8, 4) is 23.0 Å². The summed E-state index contributed by atoms with van der Waals surface area (Å²) in [5.41, 5.74) is 1.16. The van der Waals surface area contributed by atoms with Crippen LogP contribution in [0.15, 0.2) is 134 Å². The molecule has 0 aliphatic carbocycles.